The molecule has 0 aromatic rings. The highest BCUT2D eigenvalue weighted by Crippen LogP contribution is 2.07. The second-order valence-electron chi connectivity index (χ2n) is 4.91. The highest BCUT2D eigenvalue weighted by atomic mass is 16.4. The number of primary amides is 1. The third-order valence-corrected chi connectivity index (χ3v) is 2.99. The Balaban J connectivity index is 0.000000425. The van der Waals surface area contributed by atoms with Crippen LogP contribution in [0.15, 0.2) is 0 Å². The molecule has 1 heterocycles. The normalized spacial score (nSPS) is 15.0. The number of aliphatic carboxylic acids is 2. The lowest BCUT2D eigenvalue weighted by molar-refractivity contribution is -0.142. The molecule has 0 unspecified atom stereocenters. The molecule has 3 amide bonds. The first-order valence-electron chi connectivity index (χ1n) is 7.00. The van der Waals surface area contributed by atoms with Gasteiger partial charge in [0.2, 0.25) is 5.91 Å². The molecule has 1 fully saturated rings. The van der Waals surface area contributed by atoms with E-state index in [0.717, 1.165) is 25.9 Å². The summed E-state index contributed by atoms with van der Waals surface area (Å²) >= 11 is 0. The van der Waals surface area contributed by atoms with Crippen LogP contribution in [0.25, 0.3) is 0 Å². The van der Waals surface area contributed by atoms with E-state index in [4.69, 9.17) is 15.9 Å². The van der Waals surface area contributed by atoms with Crippen LogP contribution >= 0.6 is 0 Å². The van der Waals surface area contributed by atoms with Gasteiger partial charge >= 0.3 is 18.0 Å². The van der Waals surface area contributed by atoms with E-state index in [1.54, 1.807) is 4.90 Å². The number of urea groups is 1. The molecule has 1 atom stereocenters. The molecule has 0 spiro atoms. The van der Waals surface area contributed by atoms with E-state index in [0.29, 0.717) is 0 Å². The van der Waals surface area contributed by atoms with Gasteiger partial charge in [-0.15, -0.1) is 0 Å². The van der Waals surface area contributed by atoms with Gasteiger partial charge in [0, 0.05) is 26.4 Å². The van der Waals surface area contributed by atoms with Gasteiger partial charge in [0.05, 0.1) is 0 Å². The van der Waals surface area contributed by atoms with Crippen LogP contribution in [0.5, 0.6) is 0 Å². The molecular formula is C13H23N3O6. The zero-order valence-electron chi connectivity index (χ0n) is 12.6. The highest BCUT2D eigenvalue weighted by molar-refractivity contribution is 5.82. The summed E-state index contributed by atoms with van der Waals surface area (Å²) in [4.78, 5) is 43.2. The number of hydrogen-bond donors (Lipinski definition) is 4. The predicted octanol–water partition coefficient (Wildman–Crippen LogP) is -0.00850. The number of nitrogens with one attached hydrogen (secondary N) is 1. The molecule has 1 rings (SSSR count). The van der Waals surface area contributed by atoms with Crippen molar-refractivity contribution in [1.29, 1.82) is 0 Å². The summed E-state index contributed by atoms with van der Waals surface area (Å²) in [7, 11) is 0. The Morgan fingerprint density at radius 3 is 2.00 bits per heavy atom. The van der Waals surface area contributed by atoms with Crippen LogP contribution in [0.3, 0.4) is 0 Å². The van der Waals surface area contributed by atoms with Gasteiger partial charge in [-0.3, -0.25) is 9.59 Å². The number of piperidine rings is 1. The molecule has 0 radical (unpaired) electrons. The van der Waals surface area contributed by atoms with Crippen molar-refractivity contribution < 1.29 is 29.4 Å². The maximum Gasteiger partial charge on any atom is 0.326 e. The van der Waals surface area contributed by atoms with E-state index in [2.05, 4.69) is 5.32 Å². The van der Waals surface area contributed by atoms with Crippen molar-refractivity contribution in [3.05, 3.63) is 0 Å². The van der Waals surface area contributed by atoms with E-state index in [1.807, 2.05) is 0 Å². The van der Waals surface area contributed by atoms with Crippen molar-refractivity contribution in [1.82, 2.24) is 10.2 Å². The van der Waals surface area contributed by atoms with Crippen molar-refractivity contribution in [2.45, 2.75) is 45.1 Å². The van der Waals surface area contributed by atoms with Gasteiger partial charge in [-0.25, -0.2) is 9.59 Å². The molecule has 0 bridgehead atoms. The van der Waals surface area contributed by atoms with E-state index in [1.165, 1.54) is 13.3 Å². The molecule has 0 aromatic carbocycles. The van der Waals surface area contributed by atoms with Crippen LogP contribution in [0.2, 0.25) is 0 Å². The van der Waals surface area contributed by atoms with Crippen LogP contribution < -0.4 is 11.1 Å². The number of carbonyl (C=O) groups is 4. The molecule has 5 N–H and O–H groups in total. The predicted molar refractivity (Wildman–Crippen MR) is 77.1 cm³/mol. The fourth-order valence-corrected chi connectivity index (χ4v) is 1.88. The van der Waals surface area contributed by atoms with Crippen LogP contribution in [0.1, 0.15) is 39.0 Å². The minimum Gasteiger partial charge on any atom is -0.481 e. The lowest BCUT2D eigenvalue weighted by Gasteiger charge is -2.24. The number of carboxylic acid groups (broad SMARTS) is 2. The fourth-order valence-electron chi connectivity index (χ4n) is 1.88. The van der Waals surface area contributed by atoms with Crippen molar-refractivity contribution >= 4 is 23.9 Å². The number of rotatable bonds is 5. The Kier molecular flexibility index (Phi) is 9.31. The summed E-state index contributed by atoms with van der Waals surface area (Å²) in [5, 5.41) is 18.9. The van der Waals surface area contributed by atoms with Gasteiger partial charge in [-0.2, -0.15) is 0 Å². The van der Waals surface area contributed by atoms with Gasteiger partial charge in [0.1, 0.15) is 6.04 Å². The third kappa shape index (κ3) is 9.56. The first-order chi connectivity index (χ1) is 10.2. The third-order valence-electron chi connectivity index (χ3n) is 2.99. The highest BCUT2D eigenvalue weighted by Gasteiger charge is 2.18. The van der Waals surface area contributed by atoms with Crippen molar-refractivity contribution in [3.8, 4) is 0 Å². The summed E-state index contributed by atoms with van der Waals surface area (Å²) in [5.74, 6) is -2.80. The Labute approximate surface area is 128 Å². The Hall–Kier alpha value is -2.32. The fraction of sp³-hybridized carbons (Fsp3) is 0.692. The van der Waals surface area contributed by atoms with Gasteiger partial charge in [-0.05, 0) is 25.7 Å². The van der Waals surface area contributed by atoms with Crippen molar-refractivity contribution in [3.63, 3.8) is 0 Å². The molecule has 22 heavy (non-hydrogen) atoms. The summed E-state index contributed by atoms with van der Waals surface area (Å²) in [6, 6.07) is -1.39. The SMILES string of the molecule is CC(=O)N[C@@H](CCC(=O)O)C(=O)O.NC(=O)N1CCCCC1. The summed E-state index contributed by atoms with van der Waals surface area (Å²) in [6.07, 6.45) is 3.08. The molecule has 0 saturated carbocycles. The Morgan fingerprint density at radius 2 is 1.68 bits per heavy atom. The van der Waals surface area contributed by atoms with Gasteiger partial charge in [0.25, 0.3) is 0 Å². The number of carbonyl (C=O) groups excluding carboxylic acids is 2. The van der Waals surface area contributed by atoms with Crippen LogP contribution in [-0.2, 0) is 14.4 Å². The average molecular weight is 317 g/mol. The molecule has 9 nitrogen and oxygen atoms in total. The van der Waals surface area contributed by atoms with Crippen molar-refractivity contribution in [2.24, 2.45) is 5.73 Å². The molecule has 1 aliphatic heterocycles. The lowest BCUT2D eigenvalue weighted by Crippen LogP contribution is -2.39. The first-order valence-corrected chi connectivity index (χ1v) is 7.00. The Morgan fingerprint density at radius 1 is 1.14 bits per heavy atom. The minimum absolute atomic E-state index is 0.107. The number of nitrogens with zero attached hydrogens (tertiary/aromatic N) is 1. The van der Waals surface area contributed by atoms with E-state index < -0.39 is 23.9 Å². The van der Waals surface area contributed by atoms with Gasteiger partial charge < -0.3 is 26.2 Å². The first kappa shape index (κ1) is 19.7. The number of amides is 3. The maximum absolute atomic E-state index is 10.5. The molecule has 0 aromatic heterocycles. The number of likely N-dealkylation sites (tertiary alicyclic amines) is 1. The average Bonchev–Trinajstić information content (AvgIpc) is 2.44. The zero-order chi connectivity index (χ0) is 17.1. The number of nitrogens with two attached hydrogens (primary N) is 1. The molecule has 9 heteroatoms. The number of carboxylic acids is 2. The monoisotopic (exact) mass is 317 g/mol. The topological polar surface area (TPSA) is 150 Å². The zero-order valence-corrected chi connectivity index (χ0v) is 12.6. The quantitative estimate of drug-likeness (QED) is 0.560. The van der Waals surface area contributed by atoms with Gasteiger partial charge in [-0.1, -0.05) is 0 Å². The Bertz CT molecular complexity index is 407. The molecule has 1 aliphatic rings. The molecule has 126 valence electrons. The second kappa shape index (κ2) is 10.4. The van der Waals surface area contributed by atoms with Crippen molar-refractivity contribution in [2.75, 3.05) is 13.1 Å². The van der Waals surface area contributed by atoms with Crippen LogP contribution in [-0.4, -0.2) is 58.1 Å². The van der Waals surface area contributed by atoms with Crippen LogP contribution in [0, 0.1) is 0 Å². The van der Waals surface area contributed by atoms with E-state index in [9.17, 15) is 19.2 Å². The molecule has 1 saturated heterocycles. The lowest BCUT2D eigenvalue weighted by atomic mass is 10.1. The largest absolute Gasteiger partial charge is 0.481 e. The smallest absolute Gasteiger partial charge is 0.326 e. The molecule has 0 aliphatic carbocycles. The van der Waals surface area contributed by atoms with Crippen LogP contribution in [0.4, 0.5) is 4.79 Å². The minimum atomic E-state index is -1.23. The number of hydrogen-bond acceptors (Lipinski definition) is 4. The molecular weight excluding hydrogens is 294 g/mol. The standard InChI is InChI=1S/C7H11NO5.C6H12N2O/c1-4(9)8-5(7(12)13)2-3-6(10)11;7-6(9)8-4-2-1-3-5-8/h5H,2-3H2,1H3,(H,8,9)(H,10,11)(H,12,13);1-5H2,(H2,7,9)/t5-;/m0./s1. The summed E-state index contributed by atoms with van der Waals surface area (Å²) in [6.45, 7) is 2.89. The van der Waals surface area contributed by atoms with E-state index >= 15 is 0 Å². The summed E-state index contributed by atoms with van der Waals surface area (Å²) < 4.78 is 0. The van der Waals surface area contributed by atoms with E-state index in [-0.39, 0.29) is 18.9 Å². The second-order valence-corrected chi connectivity index (χ2v) is 4.91. The van der Waals surface area contributed by atoms with Gasteiger partial charge in [0.15, 0.2) is 0 Å². The maximum atomic E-state index is 10.5. The summed E-state index contributed by atoms with van der Waals surface area (Å²) in [5.41, 5.74) is 5.05.